The van der Waals surface area contributed by atoms with Gasteiger partial charge in [-0.05, 0) is 12.8 Å². The molecule has 16 heavy (non-hydrogen) atoms. The normalized spacial score (nSPS) is 21.3. The highest BCUT2D eigenvalue weighted by molar-refractivity contribution is 6.29. The van der Waals surface area contributed by atoms with E-state index >= 15 is 0 Å². The van der Waals surface area contributed by atoms with Crippen LogP contribution in [0.5, 0.6) is 0 Å². The summed E-state index contributed by atoms with van der Waals surface area (Å²) in [4.78, 5) is 19.8. The Bertz CT molecular complexity index is 366. The molecule has 1 amide bonds. The smallest absolute Gasteiger partial charge is 0.223 e. The van der Waals surface area contributed by atoms with Gasteiger partial charge in [0.05, 0.1) is 18.1 Å². The first-order valence-electron chi connectivity index (χ1n) is 5.50. The van der Waals surface area contributed by atoms with E-state index in [0.717, 1.165) is 31.5 Å². The number of carbonyl (C=O) groups is 1. The number of carbonyl (C=O) groups excluding carboxylic acids is 1. The van der Waals surface area contributed by atoms with Gasteiger partial charge in [0.2, 0.25) is 5.91 Å². The molecule has 0 saturated carbocycles. The Morgan fingerprint density at radius 3 is 3.00 bits per heavy atom. The number of nitrogens with zero attached hydrogens (tertiary/aromatic N) is 2. The van der Waals surface area contributed by atoms with Crippen molar-refractivity contribution in [3.05, 3.63) is 23.2 Å². The first-order chi connectivity index (χ1) is 7.75. The zero-order chi connectivity index (χ0) is 11.4. The monoisotopic (exact) mass is 239 g/mol. The summed E-state index contributed by atoms with van der Waals surface area (Å²) in [7, 11) is 0. The third-order valence-electron chi connectivity index (χ3n) is 2.78. The minimum absolute atomic E-state index is 0.0259. The van der Waals surface area contributed by atoms with E-state index in [2.05, 4.69) is 15.3 Å². The number of halogens is 1. The number of nitrogens with one attached hydrogen (secondary N) is 1. The Balaban J connectivity index is 2.02. The molecule has 0 radical (unpaired) electrons. The molecule has 0 bridgehead atoms. The molecule has 0 aliphatic carbocycles. The van der Waals surface area contributed by atoms with Crippen LogP contribution in [0, 0.1) is 5.92 Å². The minimum atomic E-state index is 0.0259. The highest BCUT2D eigenvalue weighted by Crippen LogP contribution is 2.17. The average Bonchev–Trinajstić information content (AvgIpc) is 2.48. The molecule has 0 aromatic carbocycles. The number of hydrogen-bond donors (Lipinski definition) is 1. The van der Waals surface area contributed by atoms with Crippen LogP contribution in [-0.2, 0) is 11.2 Å². The van der Waals surface area contributed by atoms with Crippen LogP contribution in [0.2, 0.25) is 5.15 Å². The predicted molar refractivity (Wildman–Crippen MR) is 61.1 cm³/mol. The van der Waals surface area contributed by atoms with Crippen molar-refractivity contribution in [3.8, 4) is 0 Å². The quantitative estimate of drug-likeness (QED) is 0.853. The van der Waals surface area contributed by atoms with Crippen LogP contribution < -0.4 is 5.32 Å². The molecule has 1 aliphatic rings. The summed E-state index contributed by atoms with van der Waals surface area (Å²) in [5.41, 5.74) is 0.825. The highest BCUT2D eigenvalue weighted by Gasteiger charge is 2.21. The molecule has 1 atom stereocenters. The second kappa shape index (κ2) is 5.25. The molecule has 86 valence electrons. The lowest BCUT2D eigenvalue weighted by atomic mass is 9.97. The van der Waals surface area contributed by atoms with E-state index in [1.165, 1.54) is 6.20 Å². The molecular formula is C11H14ClN3O. The van der Waals surface area contributed by atoms with Crippen molar-refractivity contribution >= 4 is 17.5 Å². The number of hydrogen-bond acceptors (Lipinski definition) is 3. The van der Waals surface area contributed by atoms with Crippen LogP contribution in [0.15, 0.2) is 12.4 Å². The number of rotatable bonds is 2. The van der Waals surface area contributed by atoms with Crippen LogP contribution in [0.1, 0.15) is 25.0 Å². The van der Waals surface area contributed by atoms with Crippen molar-refractivity contribution in [2.45, 2.75) is 25.7 Å². The molecule has 4 nitrogen and oxygen atoms in total. The van der Waals surface area contributed by atoms with Gasteiger partial charge in [0.15, 0.2) is 0 Å². The summed E-state index contributed by atoms with van der Waals surface area (Å²) in [6.07, 6.45) is 6.89. The largest absolute Gasteiger partial charge is 0.356 e. The fourth-order valence-corrected chi connectivity index (χ4v) is 1.99. The van der Waals surface area contributed by atoms with Gasteiger partial charge < -0.3 is 5.32 Å². The Kier molecular flexibility index (Phi) is 3.72. The van der Waals surface area contributed by atoms with E-state index in [1.54, 1.807) is 6.20 Å². The maximum Gasteiger partial charge on any atom is 0.223 e. The first-order valence-corrected chi connectivity index (χ1v) is 5.87. The van der Waals surface area contributed by atoms with E-state index in [0.29, 0.717) is 11.6 Å². The van der Waals surface area contributed by atoms with Crippen LogP contribution in [-0.4, -0.2) is 22.4 Å². The summed E-state index contributed by atoms with van der Waals surface area (Å²) in [6.45, 7) is 0.793. The lowest BCUT2D eigenvalue weighted by Crippen LogP contribution is -2.30. The number of aromatic nitrogens is 2. The van der Waals surface area contributed by atoms with Crippen LogP contribution in [0.25, 0.3) is 0 Å². The summed E-state index contributed by atoms with van der Waals surface area (Å²) < 4.78 is 0. The minimum Gasteiger partial charge on any atom is -0.356 e. The zero-order valence-corrected chi connectivity index (χ0v) is 9.70. The van der Waals surface area contributed by atoms with Gasteiger partial charge in [0.25, 0.3) is 0 Å². The fraction of sp³-hybridized carbons (Fsp3) is 0.545. The van der Waals surface area contributed by atoms with Gasteiger partial charge in [0, 0.05) is 18.9 Å². The molecule has 1 aromatic rings. The fourth-order valence-electron chi connectivity index (χ4n) is 1.89. The standard InChI is InChI=1S/C11H14ClN3O/c12-10-7-14-9(6-15-10)5-8-3-1-2-4-13-11(8)16/h6-8H,1-5H2,(H,13,16). The van der Waals surface area contributed by atoms with Gasteiger partial charge in [0.1, 0.15) is 5.15 Å². The van der Waals surface area contributed by atoms with Crippen LogP contribution in [0.4, 0.5) is 0 Å². The molecule has 0 spiro atoms. The van der Waals surface area contributed by atoms with Gasteiger partial charge in [-0.2, -0.15) is 0 Å². The average molecular weight is 240 g/mol. The van der Waals surface area contributed by atoms with Crippen LogP contribution >= 0.6 is 11.6 Å². The SMILES string of the molecule is O=C1NCCCCC1Cc1cnc(Cl)cn1. The van der Waals surface area contributed by atoms with E-state index in [1.807, 2.05) is 0 Å². The van der Waals surface area contributed by atoms with Gasteiger partial charge in [-0.3, -0.25) is 9.78 Å². The summed E-state index contributed by atoms with van der Waals surface area (Å²) in [5, 5.41) is 3.30. The molecule has 1 aromatic heterocycles. The van der Waals surface area contributed by atoms with E-state index in [9.17, 15) is 4.79 Å². The predicted octanol–water partition coefficient (Wildman–Crippen LogP) is 1.59. The van der Waals surface area contributed by atoms with Crippen molar-refractivity contribution in [2.75, 3.05) is 6.54 Å². The molecule has 1 N–H and O–H groups in total. The molecule has 5 heteroatoms. The molecule has 1 saturated heterocycles. The van der Waals surface area contributed by atoms with Crippen molar-refractivity contribution < 1.29 is 4.79 Å². The summed E-state index contributed by atoms with van der Waals surface area (Å²) >= 11 is 5.66. The molecule has 1 aliphatic heterocycles. The van der Waals surface area contributed by atoms with Gasteiger partial charge in [-0.15, -0.1) is 0 Å². The van der Waals surface area contributed by atoms with Crippen molar-refractivity contribution in [2.24, 2.45) is 5.92 Å². The van der Waals surface area contributed by atoms with Crippen molar-refractivity contribution in [1.82, 2.24) is 15.3 Å². The highest BCUT2D eigenvalue weighted by atomic mass is 35.5. The third kappa shape index (κ3) is 2.92. The first kappa shape index (κ1) is 11.3. The maximum absolute atomic E-state index is 11.7. The lowest BCUT2D eigenvalue weighted by molar-refractivity contribution is -0.124. The Labute approximate surface area is 99.4 Å². The lowest BCUT2D eigenvalue weighted by Gasteiger charge is -2.11. The molecular weight excluding hydrogens is 226 g/mol. The molecule has 1 unspecified atom stereocenters. The summed E-state index contributed by atoms with van der Waals surface area (Å²) in [5.74, 6) is 0.159. The van der Waals surface area contributed by atoms with E-state index in [-0.39, 0.29) is 11.8 Å². The Morgan fingerprint density at radius 1 is 1.38 bits per heavy atom. The van der Waals surface area contributed by atoms with E-state index < -0.39 is 0 Å². The molecule has 2 rings (SSSR count). The van der Waals surface area contributed by atoms with Crippen molar-refractivity contribution in [1.29, 1.82) is 0 Å². The third-order valence-corrected chi connectivity index (χ3v) is 2.97. The second-order valence-corrected chi connectivity index (χ2v) is 4.41. The molecule has 1 fully saturated rings. The number of amides is 1. The second-order valence-electron chi connectivity index (χ2n) is 4.02. The van der Waals surface area contributed by atoms with Crippen LogP contribution in [0.3, 0.4) is 0 Å². The zero-order valence-electron chi connectivity index (χ0n) is 8.95. The van der Waals surface area contributed by atoms with Crippen molar-refractivity contribution in [3.63, 3.8) is 0 Å². The van der Waals surface area contributed by atoms with Gasteiger partial charge >= 0.3 is 0 Å². The summed E-state index contributed by atoms with van der Waals surface area (Å²) in [6, 6.07) is 0. The molecule has 2 heterocycles. The maximum atomic E-state index is 11.7. The topological polar surface area (TPSA) is 54.9 Å². The van der Waals surface area contributed by atoms with Gasteiger partial charge in [-0.25, -0.2) is 4.98 Å². The van der Waals surface area contributed by atoms with E-state index in [4.69, 9.17) is 11.6 Å². The Hall–Kier alpha value is -1.16. The Morgan fingerprint density at radius 2 is 2.25 bits per heavy atom. The van der Waals surface area contributed by atoms with Gasteiger partial charge in [-0.1, -0.05) is 18.0 Å².